The minimum atomic E-state index is -1.76. The van der Waals surface area contributed by atoms with E-state index in [9.17, 15) is 9.90 Å². The topological polar surface area (TPSA) is 77.8 Å². The van der Waals surface area contributed by atoms with Crippen molar-refractivity contribution in [3.05, 3.63) is 12.7 Å². The Morgan fingerprint density at radius 2 is 2.18 bits per heavy atom. The monoisotopic (exact) mass is 160 g/mol. The molecule has 0 aliphatic rings. The van der Waals surface area contributed by atoms with Crippen LogP contribution >= 0.6 is 0 Å². The minimum Gasteiger partial charge on any atom is -0.393 e. The molecule has 0 radical (unpaired) electrons. The second-order valence-electron chi connectivity index (χ2n) is 2.27. The third-order valence-electron chi connectivity index (χ3n) is 1.50. The summed E-state index contributed by atoms with van der Waals surface area (Å²) in [4.78, 5) is 9.91. The van der Waals surface area contributed by atoms with Gasteiger partial charge < -0.3 is 20.1 Å². The number of rotatable bonds is 5. The molecule has 0 saturated carbocycles. The molecule has 0 aromatic heterocycles. The average Bonchev–Trinajstić information content (AvgIpc) is 2.03. The third-order valence-corrected chi connectivity index (χ3v) is 1.50. The van der Waals surface area contributed by atoms with Crippen LogP contribution < -0.4 is 0 Å². The van der Waals surface area contributed by atoms with Crippen molar-refractivity contribution in [3.8, 4) is 0 Å². The van der Waals surface area contributed by atoms with Crippen LogP contribution in [0.2, 0.25) is 0 Å². The van der Waals surface area contributed by atoms with Crippen LogP contribution in [0.25, 0.3) is 0 Å². The third kappa shape index (κ3) is 2.42. The first-order valence-corrected chi connectivity index (χ1v) is 3.19. The fourth-order valence-corrected chi connectivity index (χ4v) is 0.601. The van der Waals surface area contributed by atoms with E-state index in [1.807, 2.05) is 0 Å². The number of hydrogen-bond donors (Lipinski definition) is 3. The summed E-state index contributed by atoms with van der Waals surface area (Å²) in [6, 6.07) is 0. The summed E-state index contributed by atoms with van der Waals surface area (Å²) in [6.07, 6.45) is -0.0264. The fraction of sp³-hybridized carbons (Fsp3) is 0.571. The lowest BCUT2D eigenvalue weighted by Crippen LogP contribution is -2.43. The number of carbonyl (C=O) groups excluding carboxylic acids is 1. The standard InChI is InChI=1S/C7H12O4/c1-2-7(11,5-9)6(10)3-4-8/h2,4,6,9-11H,1,3,5H2/t6-,7+/m0/s1. The highest BCUT2D eigenvalue weighted by Gasteiger charge is 2.30. The first-order valence-electron chi connectivity index (χ1n) is 3.19. The van der Waals surface area contributed by atoms with Crippen molar-refractivity contribution in [2.45, 2.75) is 18.1 Å². The number of carbonyl (C=O) groups is 1. The van der Waals surface area contributed by atoms with Gasteiger partial charge in [-0.05, 0) is 0 Å². The van der Waals surface area contributed by atoms with Crippen molar-refractivity contribution in [3.63, 3.8) is 0 Å². The summed E-state index contributed by atoms with van der Waals surface area (Å²) >= 11 is 0. The predicted molar refractivity (Wildman–Crippen MR) is 38.9 cm³/mol. The molecular weight excluding hydrogens is 148 g/mol. The highest BCUT2D eigenvalue weighted by atomic mass is 16.4. The molecule has 2 atom stereocenters. The van der Waals surface area contributed by atoms with Crippen LogP contribution in [-0.4, -0.2) is 39.9 Å². The number of aldehydes is 1. The predicted octanol–water partition coefficient (Wildman–Crippen LogP) is -1.15. The molecule has 0 saturated heterocycles. The van der Waals surface area contributed by atoms with Gasteiger partial charge in [-0.15, -0.1) is 6.58 Å². The van der Waals surface area contributed by atoms with Crippen LogP contribution in [0.15, 0.2) is 12.7 Å². The zero-order valence-electron chi connectivity index (χ0n) is 6.10. The lowest BCUT2D eigenvalue weighted by Gasteiger charge is -2.25. The van der Waals surface area contributed by atoms with Gasteiger partial charge in [0.2, 0.25) is 0 Å². The molecule has 0 fully saturated rings. The molecule has 0 amide bonds. The van der Waals surface area contributed by atoms with Gasteiger partial charge in [-0.2, -0.15) is 0 Å². The largest absolute Gasteiger partial charge is 0.393 e. The minimum absolute atomic E-state index is 0.219. The van der Waals surface area contributed by atoms with Crippen molar-refractivity contribution in [2.24, 2.45) is 0 Å². The normalized spacial score (nSPS) is 18.5. The summed E-state index contributed by atoms with van der Waals surface area (Å²) in [7, 11) is 0. The van der Waals surface area contributed by atoms with Gasteiger partial charge >= 0.3 is 0 Å². The van der Waals surface area contributed by atoms with E-state index < -0.39 is 18.3 Å². The molecule has 3 N–H and O–H groups in total. The van der Waals surface area contributed by atoms with Crippen molar-refractivity contribution < 1.29 is 20.1 Å². The van der Waals surface area contributed by atoms with Crippen LogP contribution in [-0.2, 0) is 4.79 Å². The maximum absolute atomic E-state index is 9.91. The zero-order chi connectivity index (χ0) is 8.91. The zero-order valence-corrected chi connectivity index (χ0v) is 6.10. The molecule has 4 nitrogen and oxygen atoms in total. The number of hydrogen-bond acceptors (Lipinski definition) is 4. The van der Waals surface area contributed by atoms with Gasteiger partial charge in [-0.1, -0.05) is 6.08 Å². The maximum Gasteiger partial charge on any atom is 0.132 e. The smallest absolute Gasteiger partial charge is 0.132 e. The summed E-state index contributed by atoms with van der Waals surface area (Å²) in [5, 5.41) is 26.9. The Balaban J connectivity index is 4.22. The molecule has 0 aliphatic heterocycles. The van der Waals surface area contributed by atoms with Crippen LogP contribution in [0, 0.1) is 0 Å². The van der Waals surface area contributed by atoms with Gasteiger partial charge in [-0.3, -0.25) is 0 Å². The van der Waals surface area contributed by atoms with Crippen molar-refractivity contribution in [1.82, 2.24) is 0 Å². The van der Waals surface area contributed by atoms with Gasteiger partial charge in [0.1, 0.15) is 11.9 Å². The molecule has 4 heteroatoms. The summed E-state index contributed by atoms with van der Waals surface area (Å²) in [6.45, 7) is 2.57. The van der Waals surface area contributed by atoms with Crippen LogP contribution in [0.1, 0.15) is 6.42 Å². The molecule has 0 heterocycles. The Morgan fingerprint density at radius 3 is 2.45 bits per heavy atom. The number of aliphatic hydroxyl groups is 3. The van der Waals surface area contributed by atoms with Crippen molar-refractivity contribution in [1.29, 1.82) is 0 Å². The Hall–Kier alpha value is -0.710. The van der Waals surface area contributed by atoms with E-state index in [0.717, 1.165) is 6.08 Å². The van der Waals surface area contributed by atoms with Crippen LogP contribution in [0.5, 0.6) is 0 Å². The molecule has 11 heavy (non-hydrogen) atoms. The SMILES string of the molecule is C=C[C@@](O)(CO)[C@@H](O)CC=O. The van der Waals surface area contributed by atoms with E-state index in [1.165, 1.54) is 0 Å². The van der Waals surface area contributed by atoms with Crippen molar-refractivity contribution in [2.75, 3.05) is 6.61 Å². The highest BCUT2D eigenvalue weighted by molar-refractivity contribution is 5.50. The van der Waals surface area contributed by atoms with E-state index in [4.69, 9.17) is 10.2 Å². The Kier molecular flexibility index (Phi) is 3.95. The molecule has 0 aromatic carbocycles. The van der Waals surface area contributed by atoms with Gasteiger partial charge in [0.25, 0.3) is 0 Å². The molecule has 0 rings (SSSR count). The number of aliphatic hydroxyl groups excluding tert-OH is 2. The lowest BCUT2D eigenvalue weighted by molar-refractivity contribution is -0.116. The first-order chi connectivity index (χ1) is 5.10. The molecule has 64 valence electrons. The average molecular weight is 160 g/mol. The molecule has 0 bridgehead atoms. The lowest BCUT2D eigenvalue weighted by atomic mass is 9.96. The maximum atomic E-state index is 9.91. The van der Waals surface area contributed by atoms with E-state index in [2.05, 4.69) is 6.58 Å². The van der Waals surface area contributed by atoms with Gasteiger partial charge in [0.15, 0.2) is 0 Å². The van der Waals surface area contributed by atoms with E-state index in [0.29, 0.717) is 6.29 Å². The van der Waals surface area contributed by atoms with Crippen LogP contribution in [0.4, 0.5) is 0 Å². The van der Waals surface area contributed by atoms with E-state index >= 15 is 0 Å². The van der Waals surface area contributed by atoms with Crippen LogP contribution in [0.3, 0.4) is 0 Å². The second-order valence-corrected chi connectivity index (χ2v) is 2.27. The quantitative estimate of drug-likeness (QED) is 0.350. The summed E-state index contributed by atoms with van der Waals surface area (Å²) in [5.41, 5.74) is -1.76. The van der Waals surface area contributed by atoms with Gasteiger partial charge in [0, 0.05) is 6.42 Å². The Morgan fingerprint density at radius 1 is 1.64 bits per heavy atom. The van der Waals surface area contributed by atoms with Gasteiger partial charge in [0.05, 0.1) is 12.7 Å². The van der Waals surface area contributed by atoms with Gasteiger partial charge in [-0.25, -0.2) is 0 Å². The Labute approximate surface area is 64.8 Å². The molecule has 0 spiro atoms. The summed E-state index contributed by atoms with van der Waals surface area (Å²) in [5.74, 6) is 0. The molecule has 0 aromatic rings. The van der Waals surface area contributed by atoms with Crippen molar-refractivity contribution >= 4 is 6.29 Å². The molecular formula is C7H12O4. The Bertz CT molecular complexity index is 145. The second kappa shape index (κ2) is 4.23. The van der Waals surface area contributed by atoms with E-state index in [1.54, 1.807) is 0 Å². The fourth-order valence-electron chi connectivity index (χ4n) is 0.601. The molecule has 0 aliphatic carbocycles. The van der Waals surface area contributed by atoms with E-state index in [-0.39, 0.29) is 6.42 Å². The summed E-state index contributed by atoms with van der Waals surface area (Å²) < 4.78 is 0. The first kappa shape index (κ1) is 10.3. The highest BCUT2D eigenvalue weighted by Crippen LogP contribution is 2.12. The molecule has 0 unspecified atom stereocenters.